The molecule has 0 bridgehead atoms. The van der Waals surface area contributed by atoms with Gasteiger partial charge in [-0.2, -0.15) is 0 Å². The van der Waals surface area contributed by atoms with E-state index in [4.69, 9.17) is 0 Å². The second kappa shape index (κ2) is 6.38. The molecule has 1 rings (SSSR count). The number of hydrogen-bond acceptors (Lipinski definition) is 0. The molecule has 1 aromatic carbocycles. The summed E-state index contributed by atoms with van der Waals surface area (Å²) < 4.78 is 0. The van der Waals surface area contributed by atoms with Gasteiger partial charge in [-0.15, -0.1) is 0 Å². The highest BCUT2D eigenvalue weighted by Crippen LogP contribution is 2.39. The van der Waals surface area contributed by atoms with Crippen molar-refractivity contribution in [2.45, 2.75) is 68.7 Å². The first-order valence-electron chi connectivity index (χ1n) is 8.21. The Balaban J connectivity index is 3.31. The minimum absolute atomic E-state index is 0.180. The Labute approximate surface area is 132 Å². The van der Waals surface area contributed by atoms with Gasteiger partial charge in [-0.05, 0) is 53.7 Å². The van der Waals surface area contributed by atoms with Gasteiger partial charge in [0.1, 0.15) is 0 Å². The standard InChI is InChI=1S/C21H34/c1-15(2)19(21(7,8)9)18-13-11-10-12-17(18)14-16(3)20(4,5)6/h10-13,16H,14H2,1-9H3. The van der Waals surface area contributed by atoms with Crippen molar-refractivity contribution in [2.75, 3.05) is 0 Å². The molecule has 0 aromatic heterocycles. The molecule has 1 aromatic rings. The van der Waals surface area contributed by atoms with Gasteiger partial charge in [-0.25, -0.2) is 0 Å². The van der Waals surface area contributed by atoms with Gasteiger partial charge in [0.25, 0.3) is 0 Å². The van der Waals surface area contributed by atoms with Gasteiger partial charge in [0.2, 0.25) is 0 Å². The molecule has 0 fully saturated rings. The lowest BCUT2D eigenvalue weighted by atomic mass is 9.74. The molecule has 0 saturated carbocycles. The normalized spacial score (nSPS) is 14.0. The summed E-state index contributed by atoms with van der Waals surface area (Å²) in [6.45, 7) is 20.8. The van der Waals surface area contributed by atoms with Crippen molar-refractivity contribution >= 4 is 5.57 Å². The largest absolute Gasteiger partial charge is 0.0721 e. The molecule has 0 N–H and O–H groups in total. The zero-order chi connectivity index (χ0) is 16.4. The van der Waals surface area contributed by atoms with Gasteiger partial charge in [-0.3, -0.25) is 0 Å². The summed E-state index contributed by atoms with van der Waals surface area (Å²) in [6, 6.07) is 8.97. The minimum Gasteiger partial charge on any atom is -0.0721 e. The van der Waals surface area contributed by atoms with Crippen LogP contribution in [-0.2, 0) is 6.42 Å². The van der Waals surface area contributed by atoms with Crippen LogP contribution in [0, 0.1) is 16.7 Å². The maximum Gasteiger partial charge on any atom is -0.0126 e. The van der Waals surface area contributed by atoms with E-state index in [-0.39, 0.29) is 5.41 Å². The van der Waals surface area contributed by atoms with E-state index in [1.165, 1.54) is 22.3 Å². The fourth-order valence-corrected chi connectivity index (χ4v) is 3.00. The molecular formula is C21H34. The van der Waals surface area contributed by atoms with E-state index in [1.807, 2.05) is 0 Å². The van der Waals surface area contributed by atoms with E-state index in [0.717, 1.165) is 6.42 Å². The summed E-state index contributed by atoms with van der Waals surface area (Å²) in [5.41, 5.74) is 6.39. The molecule has 0 radical (unpaired) electrons. The predicted molar refractivity (Wildman–Crippen MR) is 96.5 cm³/mol. The van der Waals surface area contributed by atoms with Crippen molar-refractivity contribution in [2.24, 2.45) is 16.7 Å². The van der Waals surface area contributed by atoms with Crippen LogP contribution in [0.1, 0.15) is 73.4 Å². The first-order valence-corrected chi connectivity index (χ1v) is 8.21. The van der Waals surface area contributed by atoms with Crippen molar-refractivity contribution in [1.29, 1.82) is 0 Å². The highest BCUT2D eigenvalue weighted by atomic mass is 14.3. The van der Waals surface area contributed by atoms with E-state index >= 15 is 0 Å². The fraction of sp³-hybridized carbons (Fsp3) is 0.619. The van der Waals surface area contributed by atoms with Gasteiger partial charge in [0, 0.05) is 0 Å². The van der Waals surface area contributed by atoms with Crippen molar-refractivity contribution < 1.29 is 0 Å². The van der Waals surface area contributed by atoms with Crippen molar-refractivity contribution in [3.63, 3.8) is 0 Å². The summed E-state index contributed by atoms with van der Waals surface area (Å²) in [6.07, 6.45) is 1.15. The monoisotopic (exact) mass is 286 g/mol. The van der Waals surface area contributed by atoms with Gasteiger partial charge in [0.05, 0.1) is 0 Å². The van der Waals surface area contributed by atoms with Crippen molar-refractivity contribution in [1.82, 2.24) is 0 Å². The fourth-order valence-electron chi connectivity index (χ4n) is 3.00. The number of hydrogen-bond donors (Lipinski definition) is 0. The summed E-state index contributed by atoms with van der Waals surface area (Å²) >= 11 is 0. The zero-order valence-electron chi connectivity index (χ0n) is 15.6. The molecule has 0 amide bonds. The third-order valence-electron chi connectivity index (χ3n) is 4.54. The van der Waals surface area contributed by atoms with Gasteiger partial charge < -0.3 is 0 Å². The van der Waals surface area contributed by atoms with Crippen LogP contribution in [0.2, 0.25) is 0 Å². The zero-order valence-corrected chi connectivity index (χ0v) is 15.6. The molecular weight excluding hydrogens is 252 g/mol. The van der Waals surface area contributed by atoms with Gasteiger partial charge >= 0.3 is 0 Å². The average molecular weight is 287 g/mol. The van der Waals surface area contributed by atoms with Crippen LogP contribution in [-0.4, -0.2) is 0 Å². The summed E-state index contributed by atoms with van der Waals surface area (Å²) in [4.78, 5) is 0. The Kier molecular flexibility index (Phi) is 5.47. The third kappa shape index (κ3) is 4.73. The molecule has 0 aliphatic carbocycles. The molecule has 0 nitrogen and oxygen atoms in total. The van der Waals surface area contributed by atoms with Crippen LogP contribution in [0.4, 0.5) is 0 Å². The van der Waals surface area contributed by atoms with Crippen LogP contribution < -0.4 is 0 Å². The molecule has 0 aliphatic heterocycles. The van der Waals surface area contributed by atoms with Crippen LogP contribution in [0.3, 0.4) is 0 Å². The number of allylic oxidation sites excluding steroid dienone is 2. The van der Waals surface area contributed by atoms with Crippen molar-refractivity contribution in [3.05, 3.63) is 41.0 Å². The average Bonchev–Trinajstić information content (AvgIpc) is 2.27. The molecule has 1 atom stereocenters. The second-order valence-corrected chi connectivity index (χ2v) is 8.75. The van der Waals surface area contributed by atoms with Crippen LogP contribution in [0.5, 0.6) is 0 Å². The van der Waals surface area contributed by atoms with Crippen LogP contribution in [0.15, 0.2) is 29.8 Å². The van der Waals surface area contributed by atoms with E-state index in [1.54, 1.807) is 0 Å². The molecule has 0 heteroatoms. The van der Waals surface area contributed by atoms with Crippen LogP contribution >= 0.6 is 0 Å². The topological polar surface area (TPSA) is 0 Å². The maximum absolute atomic E-state index is 2.37. The lowest BCUT2D eigenvalue weighted by molar-refractivity contribution is 0.260. The molecule has 0 heterocycles. The molecule has 0 aliphatic rings. The van der Waals surface area contributed by atoms with E-state index in [2.05, 4.69) is 86.6 Å². The highest BCUT2D eigenvalue weighted by molar-refractivity contribution is 5.74. The predicted octanol–water partition coefficient (Wildman–Crippen LogP) is 6.75. The van der Waals surface area contributed by atoms with Gasteiger partial charge in [0.15, 0.2) is 0 Å². The third-order valence-corrected chi connectivity index (χ3v) is 4.54. The Morgan fingerprint density at radius 2 is 1.48 bits per heavy atom. The molecule has 0 spiro atoms. The Morgan fingerprint density at radius 3 is 1.90 bits per heavy atom. The lowest BCUT2D eigenvalue weighted by Crippen LogP contribution is -2.20. The Hall–Kier alpha value is -1.04. The Bertz CT molecular complexity index is 500. The summed E-state index contributed by atoms with van der Waals surface area (Å²) in [5, 5.41) is 0. The molecule has 21 heavy (non-hydrogen) atoms. The van der Waals surface area contributed by atoms with Gasteiger partial charge in [-0.1, -0.05) is 78.3 Å². The highest BCUT2D eigenvalue weighted by Gasteiger charge is 2.25. The quantitative estimate of drug-likeness (QED) is 0.576. The Morgan fingerprint density at radius 1 is 0.952 bits per heavy atom. The maximum atomic E-state index is 2.37. The first kappa shape index (κ1) is 18.0. The molecule has 118 valence electrons. The van der Waals surface area contributed by atoms with Crippen LogP contribution in [0.25, 0.3) is 5.57 Å². The summed E-state index contributed by atoms with van der Waals surface area (Å²) in [5.74, 6) is 0.664. The van der Waals surface area contributed by atoms with Crippen molar-refractivity contribution in [3.8, 4) is 0 Å². The second-order valence-electron chi connectivity index (χ2n) is 8.75. The molecule has 0 saturated heterocycles. The van der Waals surface area contributed by atoms with E-state index < -0.39 is 0 Å². The van der Waals surface area contributed by atoms with E-state index in [9.17, 15) is 0 Å². The first-order chi connectivity index (χ1) is 9.44. The van der Waals surface area contributed by atoms with E-state index in [0.29, 0.717) is 11.3 Å². The minimum atomic E-state index is 0.180. The molecule has 1 unspecified atom stereocenters. The lowest BCUT2D eigenvalue weighted by Gasteiger charge is -2.31. The smallest absolute Gasteiger partial charge is 0.0126 e. The number of benzene rings is 1. The number of rotatable bonds is 3. The SMILES string of the molecule is CC(C)=C(c1ccccc1CC(C)C(C)(C)C)C(C)(C)C. The summed E-state index contributed by atoms with van der Waals surface area (Å²) in [7, 11) is 0.